The first-order valence-electron chi connectivity index (χ1n) is 14.6. The van der Waals surface area contributed by atoms with Crippen LogP contribution in [0.3, 0.4) is 0 Å². The second kappa shape index (κ2) is 17.7. The summed E-state index contributed by atoms with van der Waals surface area (Å²) in [6.07, 6.45) is 24.2. The van der Waals surface area contributed by atoms with Crippen molar-refractivity contribution in [1.82, 2.24) is 0 Å². The minimum Gasteiger partial charge on any atom is -0.0795 e. The molecule has 0 nitrogen and oxygen atoms in total. The van der Waals surface area contributed by atoms with E-state index in [0.717, 1.165) is 29.7 Å². The maximum absolute atomic E-state index is 5.76. The fraction of sp³-hybridized carbons (Fsp3) is 0.559. The Bertz CT molecular complexity index is 888. The van der Waals surface area contributed by atoms with E-state index in [0.29, 0.717) is 0 Å². The van der Waals surface area contributed by atoms with Crippen LogP contribution in [0.15, 0.2) is 42.5 Å². The van der Waals surface area contributed by atoms with Crippen LogP contribution in [-0.4, -0.2) is 4.86 Å². The van der Waals surface area contributed by atoms with Gasteiger partial charge in [-0.15, -0.1) is 0 Å². The van der Waals surface area contributed by atoms with Crippen molar-refractivity contribution in [2.75, 3.05) is 0 Å². The molecule has 0 aromatic heterocycles. The molecule has 2 aromatic carbocycles. The van der Waals surface area contributed by atoms with Crippen molar-refractivity contribution in [2.45, 2.75) is 124 Å². The number of hydrogen-bond donors (Lipinski definition) is 0. The Labute approximate surface area is 222 Å². The Morgan fingerprint density at radius 2 is 1.26 bits per heavy atom. The van der Waals surface area contributed by atoms with Crippen molar-refractivity contribution in [1.29, 1.82) is 0 Å². The molecule has 0 spiro atoms. The summed E-state index contributed by atoms with van der Waals surface area (Å²) in [5.41, 5.74) is 8.28. The van der Waals surface area contributed by atoms with Crippen LogP contribution in [0.25, 0.3) is 6.08 Å². The first kappa shape index (κ1) is 29.5. The predicted molar refractivity (Wildman–Crippen MR) is 162 cm³/mol. The molecule has 192 valence electrons. The first-order valence-corrected chi connectivity index (χ1v) is 15.0. The molecule has 35 heavy (non-hydrogen) atoms. The molecule has 0 heterocycles. The van der Waals surface area contributed by atoms with Gasteiger partial charge in [-0.2, -0.15) is 0 Å². The molecule has 0 fully saturated rings. The highest BCUT2D eigenvalue weighted by molar-refractivity contribution is 7.81. The molecule has 0 bridgehead atoms. The number of thiocarbonyl (C=S) groups is 1. The Balaban J connectivity index is 1.76. The van der Waals surface area contributed by atoms with Gasteiger partial charge in [0.15, 0.2) is 0 Å². The lowest BCUT2D eigenvalue weighted by molar-refractivity contribution is 0.549. The van der Waals surface area contributed by atoms with E-state index in [1.54, 1.807) is 0 Å². The van der Waals surface area contributed by atoms with E-state index in [-0.39, 0.29) is 0 Å². The summed E-state index contributed by atoms with van der Waals surface area (Å²) in [5, 5.41) is 0. The van der Waals surface area contributed by atoms with Crippen LogP contribution in [0.4, 0.5) is 0 Å². The average molecular weight is 491 g/mol. The van der Waals surface area contributed by atoms with Crippen molar-refractivity contribution >= 4 is 23.2 Å². The number of unbranched alkanes of at least 4 members (excludes halogenated alkanes) is 10. The molecule has 0 N–H and O–H groups in total. The molecular weight excluding hydrogens is 440 g/mol. The fourth-order valence-corrected chi connectivity index (χ4v) is 5.22. The summed E-state index contributed by atoms with van der Waals surface area (Å²) >= 11 is 5.76. The zero-order valence-electron chi connectivity index (χ0n) is 23.1. The fourth-order valence-electron chi connectivity index (χ4n) is 5.01. The minimum atomic E-state index is 0.924. The van der Waals surface area contributed by atoms with E-state index in [4.69, 9.17) is 12.2 Å². The third-order valence-electron chi connectivity index (χ3n) is 7.30. The smallest absolute Gasteiger partial charge is 0.0449 e. The van der Waals surface area contributed by atoms with Gasteiger partial charge in [-0.1, -0.05) is 147 Å². The number of hydrogen-bond acceptors (Lipinski definition) is 1. The van der Waals surface area contributed by atoms with E-state index in [9.17, 15) is 0 Å². The van der Waals surface area contributed by atoms with E-state index in [2.05, 4.69) is 76.2 Å². The Morgan fingerprint density at radius 1 is 0.657 bits per heavy atom. The summed E-state index contributed by atoms with van der Waals surface area (Å²) in [6, 6.07) is 13.7. The molecule has 0 saturated carbocycles. The van der Waals surface area contributed by atoms with Crippen LogP contribution in [0.2, 0.25) is 0 Å². The lowest BCUT2D eigenvalue weighted by Crippen LogP contribution is -1.99. The average Bonchev–Trinajstić information content (AvgIpc) is 2.89. The zero-order chi connectivity index (χ0) is 25.3. The number of aryl methyl sites for hydroxylation is 3. The summed E-state index contributed by atoms with van der Waals surface area (Å²) < 4.78 is 0. The standard InChI is InChI=1S/C34H50S/c1-5-9-10-11-12-13-14-15-16-17-18-19-29-20-22-31(23-21-29)34(35)25-24-32-27-28(6-2)26-30(7-3)33(32)8-4/h20-27H,5-19H2,1-4H3. The Hall–Kier alpha value is -1.73. The second-order valence-electron chi connectivity index (χ2n) is 10.1. The third-order valence-corrected chi connectivity index (χ3v) is 7.67. The van der Waals surface area contributed by atoms with Gasteiger partial charge in [-0.25, -0.2) is 0 Å². The molecule has 0 amide bonds. The summed E-state index contributed by atoms with van der Waals surface area (Å²) in [7, 11) is 0. The molecule has 1 heteroatoms. The largest absolute Gasteiger partial charge is 0.0795 e. The van der Waals surface area contributed by atoms with Gasteiger partial charge in [0, 0.05) is 4.86 Å². The van der Waals surface area contributed by atoms with Crippen LogP contribution >= 0.6 is 12.2 Å². The summed E-state index contributed by atoms with van der Waals surface area (Å²) in [4.78, 5) is 0.924. The highest BCUT2D eigenvalue weighted by Crippen LogP contribution is 2.22. The second-order valence-corrected chi connectivity index (χ2v) is 10.5. The molecule has 2 rings (SSSR count). The van der Waals surface area contributed by atoms with Crippen LogP contribution in [0, 0.1) is 0 Å². The van der Waals surface area contributed by atoms with Gasteiger partial charge in [-0.05, 0) is 71.6 Å². The van der Waals surface area contributed by atoms with Crippen molar-refractivity contribution in [3.05, 3.63) is 75.9 Å². The minimum absolute atomic E-state index is 0.924. The van der Waals surface area contributed by atoms with E-state index in [1.807, 2.05) is 0 Å². The van der Waals surface area contributed by atoms with Gasteiger partial charge in [0.25, 0.3) is 0 Å². The maximum Gasteiger partial charge on any atom is 0.0449 e. The highest BCUT2D eigenvalue weighted by atomic mass is 32.1. The number of allylic oxidation sites excluding steroid dienone is 1. The van der Waals surface area contributed by atoms with Crippen LogP contribution in [0.5, 0.6) is 0 Å². The van der Waals surface area contributed by atoms with Crippen molar-refractivity contribution < 1.29 is 0 Å². The van der Waals surface area contributed by atoms with Gasteiger partial charge in [-0.3, -0.25) is 0 Å². The van der Waals surface area contributed by atoms with Gasteiger partial charge in [0.1, 0.15) is 0 Å². The van der Waals surface area contributed by atoms with Gasteiger partial charge in [0.2, 0.25) is 0 Å². The topological polar surface area (TPSA) is 0 Å². The summed E-state index contributed by atoms with van der Waals surface area (Å²) in [6.45, 7) is 9.03. The van der Waals surface area contributed by atoms with Crippen molar-refractivity contribution in [2.24, 2.45) is 0 Å². The SMILES string of the molecule is CCCCCCCCCCCCCc1ccc(C(=S)C=Cc2cc(CC)cc(CC)c2CC)cc1. The van der Waals surface area contributed by atoms with E-state index < -0.39 is 0 Å². The van der Waals surface area contributed by atoms with E-state index in [1.165, 1.54) is 105 Å². The first-order chi connectivity index (χ1) is 17.1. The molecule has 2 aromatic rings. The van der Waals surface area contributed by atoms with E-state index >= 15 is 0 Å². The van der Waals surface area contributed by atoms with Crippen LogP contribution in [0.1, 0.15) is 132 Å². The third kappa shape index (κ3) is 10.8. The molecule has 0 atom stereocenters. The van der Waals surface area contributed by atoms with Crippen molar-refractivity contribution in [3.8, 4) is 0 Å². The molecule has 0 aliphatic carbocycles. The van der Waals surface area contributed by atoms with Gasteiger partial charge >= 0.3 is 0 Å². The Kier molecular flexibility index (Phi) is 14.9. The molecule has 0 aliphatic heterocycles. The highest BCUT2D eigenvalue weighted by Gasteiger charge is 2.07. The van der Waals surface area contributed by atoms with Crippen LogP contribution in [-0.2, 0) is 25.7 Å². The number of benzene rings is 2. The molecule has 0 aliphatic rings. The molecule has 0 saturated heterocycles. The molecular formula is C34H50S. The molecule has 0 radical (unpaired) electrons. The quantitative estimate of drug-likeness (QED) is 0.0866. The lowest BCUT2D eigenvalue weighted by atomic mass is 9.93. The molecule has 0 unspecified atom stereocenters. The lowest BCUT2D eigenvalue weighted by Gasteiger charge is -2.13. The zero-order valence-corrected chi connectivity index (χ0v) is 24.0. The van der Waals surface area contributed by atoms with Gasteiger partial charge < -0.3 is 0 Å². The number of rotatable bonds is 18. The van der Waals surface area contributed by atoms with Crippen LogP contribution < -0.4 is 0 Å². The monoisotopic (exact) mass is 490 g/mol. The van der Waals surface area contributed by atoms with Gasteiger partial charge in [0.05, 0.1) is 0 Å². The maximum atomic E-state index is 5.76. The summed E-state index contributed by atoms with van der Waals surface area (Å²) in [5.74, 6) is 0. The Morgan fingerprint density at radius 3 is 1.80 bits per heavy atom. The predicted octanol–water partition coefficient (Wildman–Crippen LogP) is 10.7. The normalized spacial score (nSPS) is 11.4. The van der Waals surface area contributed by atoms with Crippen molar-refractivity contribution in [3.63, 3.8) is 0 Å².